The summed E-state index contributed by atoms with van der Waals surface area (Å²) < 4.78 is 33.3. The van der Waals surface area contributed by atoms with E-state index in [-0.39, 0.29) is 11.0 Å². The lowest BCUT2D eigenvalue weighted by molar-refractivity contribution is -0.0515. The fourth-order valence-corrected chi connectivity index (χ4v) is 1.83. The molecule has 18 heavy (non-hydrogen) atoms. The van der Waals surface area contributed by atoms with E-state index in [4.69, 9.17) is 4.74 Å². The molecule has 0 fully saturated rings. The van der Waals surface area contributed by atoms with Crippen LogP contribution < -0.4 is 4.74 Å². The van der Waals surface area contributed by atoms with E-state index in [0.717, 1.165) is 5.56 Å². The number of alkyl halides is 2. The van der Waals surface area contributed by atoms with Crippen LogP contribution in [0.4, 0.5) is 8.78 Å². The lowest BCUT2D eigenvalue weighted by Gasteiger charge is -2.26. The first-order valence-electron chi connectivity index (χ1n) is 6.17. The average molecular weight is 256 g/mol. The first kappa shape index (κ1) is 14.9. The fourth-order valence-electron chi connectivity index (χ4n) is 1.83. The fraction of sp³-hybridized carbons (Fsp3) is 0.600. The molecule has 0 aliphatic rings. The maximum Gasteiger partial charge on any atom is 0.275 e. The highest BCUT2D eigenvalue weighted by Gasteiger charge is 2.36. The maximum absolute atomic E-state index is 14.0. The molecule has 0 unspecified atom stereocenters. The molecular weight excluding hydrogens is 234 g/mol. The second kappa shape index (κ2) is 4.87. The van der Waals surface area contributed by atoms with Gasteiger partial charge in [-0.25, -0.2) is 8.78 Å². The zero-order chi connectivity index (χ0) is 14.1. The van der Waals surface area contributed by atoms with Gasteiger partial charge in [0.15, 0.2) is 0 Å². The largest absolute Gasteiger partial charge is 0.496 e. The van der Waals surface area contributed by atoms with Crippen LogP contribution in [0.3, 0.4) is 0 Å². The molecule has 0 atom stereocenters. The molecule has 1 aromatic rings. The smallest absolute Gasteiger partial charge is 0.275 e. The predicted octanol–water partition coefficient (Wildman–Crippen LogP) is 4.74. The number of benzene rings is 1. The molecule has 0 aromatic heterocycles. The molecule has 0 radical (unpaired) electrons. The van der Waals surface area contributed by atoms with Crippen LogP contribution in [0, 0.1) is 5.92 Å². The highest BCUT2D eigenvalue weighted by Crippen LogP contribution is 2.40. The topological polar surface area (TPSA) is 9.23 Å². The number of hydrogen-bond donors (Lipinski definition) is 0. The molecule has 0 saturated heterocycles. The van der Waals surface area contributed by atoms with Crippen LogP contribution in [0.2, 0.25) is 0 Å². The SMILES string of the molecule is COc1ccc(C(F)(F)C(C)C)cc1C(C)(C)C. The van der Waals surface area contributed by atoms with Crippen molar-refractivity contribution in [3.05, 3.63) is 29.3 Å². The van der Waals surface area contributed by atoms with Crippen molar-refractivity contribution in [3.8, 4) is 5.75 Å². The van der Waals surface area contributed by atoms with Crippen LogP contribution in [-0.2, 0) is 11.3 Å². The van der Waals surface area contributed by atoms with E-state index in [1.54, 1.807) is 19.2 Å². The van der Waals surface area contributed by atoms with Gasteiger partial charge in [-0.05, 0) is 29.2 Å². The Morgan fingerprint density at radius 2 is 1.67 bits per heavy atom. The van der Waals surface area contributed by atoms with Crippen molar-refractivity contribution >= 4 is 0 Å². The van der Waals surface area contributed by atoms with Crippen molar-refractivity contribution < 1.29 is 13.5 Å². The van der Waals surface area contributed by atoms with Gasteiger partial charge in [0.25, 0.3) is 5.92 Å². The van der Waals surface area contributed by atoms with Gasteiger partial charge in [0.1, 0.15) is 5.75 Å². The number of hydrogen-bond acceptors (Lipinski definition) is 1. The summed E-state index contributed by atoms with van der Waals surface area (Å²) in [5.41, 5.74) is 0.639. The Morgan fingerprint density at radius 1 is 1.11 bits per heavy atom. The van der Waals surface area contributed by atoms with Crippen LogP contribution in [0.1, 0.15) is 45.7 Å². The first-order valence-corrected chi connectivity index (χ1v) is 6.17. The lowest BCUT2D eigenvalue weighted by atomic mass is 9.84. The Morgan fingerprint density at radius 3 is 2.06 bits per heavy atom. The molecule has 3 heteroatoms. The molecule has 0 saturated carbocycles. The van der Waals surface area contributed by atoms with E-state index in [0.29, 0.717) is 5.75 Å². The van der Waals surface area contributed by atoms with Crippen LogP contribution >= 0.6 is 0 Å². The van der Waals surface area contributed by atoms with Gasteiger partial charge in [-0.15, -0.1) is 0 Å². The van der Waals surface area contributed by atoms with E-state index in [1.807, 2.05) is 20.8 Å². The van der Waals surface area contributed by atoms with Gasteiger partial charge in [0, 0.05) is 11.5 Å². The molecular formula is C15H22F2O. The molecule has 102 valence electrons. The van der Waals surface area contributed by atoms with Gasteiger partial charge in [0.2, 0.25) is 0 Å². The zero-order valence-corrected chi connectivity index (χ0v) is 12.0. The summed E-state index contributed by atoms with van der Waals surface area (Å²) >= 11 is 0. The van der Waals surface area contributed by atoms with Crippen LogP contribution in [-0.4, -0.2) is 7.11 Å². The summed E-state index contributed by atoms with van der Waals surface area (Å²) in [6.07, 6.45) is 0. The molecule has 0 heterocycles. The molecule has 0 aliphatic heterocycles. The summed E-state index contributed by atoms with van der Waals surface area (Å²) in [4.78, 5) is 0. The minimum Gasteiger partial charge on any atom is -0.496 e. The highest BCUT2D eigenvalue weighted by atomic mass is 19.3. The van der Waals surface area contributed by atoms with Gasteiger partial charge < -0.3 is 4.74 Å². The third-order valence-corrected chi connectivity index (χ3v) is 3.12. The Bertz CT molecular complexity index is 417. The van der Waals surface area contributed by atoms with Crippen molar-refractivity contribution in [2.75, 3.05) is 7.11 Å². The van der Waals surface area contributed by atoms with Gasteiger partial charge in [-0.2, -0.15) is 0 Å². The molecule has 0 bridgehead atoms. The van der Waals surface area contributed by atoms with Gasteiger partial charge >= 0.3 is 0 Å². The molecule has 1 rings (SSSR count). The summed E-state index contributed by atoms with van der Waals surface area (Å²) in [7, 11) is 1.56. The average Bonchev–Trinajstić information content (AvgIpc) is 2.26. The Hall–Kier alpha value is -1.12. The van der Waals surface area contributed by atoms with Crippen molar-refractivity contribution in [1.29, 1.82) is 0 Å². The van der Waals surface area contributed by atoms with Crippen molar-refractivity contribution in [2.45, 2.75) is 46.0 Å². The van der Waals surface area contributed by atoms with Gasteiger partial charge in [-0.1, -0.05) is 34.6 Å². The van der Waals surface area contributed by atoms with Crippen molar-refractivity contribution in [1.82, 2.24) is 0 Å². The van der Waals surface area contributed by atoms with E-state index >= 15 is 0 Å². The Balaban J connectivity index is 3.36. The van der Waals surface area contributed by atoms with Crippen LogP contribution in [0.15, 0.2) is 18.2 Å². The van der Waals surface area contributed by atoms with E-state index in [2.05, 4.69) is 0 Å². The quantitative estimate of drug-likeness (QED) is 0.759. The van der Waals surface area contributed by atoms with E-state index in [9.17, 15) is 8.78 Å². The van der Waals surface area contributed by atoms with Crippen molar-refractivity contribution in [2.24, 2.45) is 5.92 Å². The predicted molar refractivity (Wildman–Crippen MR) is 70.4 cm³/mol. The number of ether oxygens (including phenoxy) is 1. The number of halogens is 2. The number of methoxy groups -OCH3 is 1. The second-order valence-corrected chi connectivity index (χ2v) is 5.94. The van der Waals surface area contributed by atoms with E-state index in [1.165, 1.54) is 19.9 Å². The van der Waals surface area contributed by atoms with Gasteiger partial charge in [0.05, 0.1) is 7.11 Å². The van der Waals surface area contributed by atoms with Crippen molar-refractivity contribution in [3.63, 3.8) is 0 Å². The lowest BCUT2D eigenvalue weighted by Crippen LogP contribution is -2.22. The summed E-state index contributed by atoms with van der Waals surface area (Å²) in [5, 5.41) is 0. The molecule has 1 nitrogen and oxygen atoms in total. The molecule has 0 spiro atoms. The monoisotopic (exact) mass is 256 g/mol. The minimum atomic E-state index is -2.81. The molecule has 0 amide bonds. The Labute approximate surface area is 108 Å². The summed E-state index contributed by atoms with van der Waals surface area (Å²) in [6.45, 7) is 9.02. The summed E-state index contributed by atoms with van der Waals surface area (Å²) in [6, 6.07) is 4.65. The maximum atomic E-state index is 14.0. The first-order chi connectivity index (χ1) is 8.10. The Kier molecular flexibility index (Phi) is 4.04. The molecule has 0 N–H and O–H groups in total. The molecule has 1 aromatic carbocycles. The summed E-state index contributed by atoms with van der Waals surface area (Å²) in [5.74, 6) is -2.88. The van der Waals surface area contributed by atoms with E-state index < -0.39 is 11.8 Å². The third kappa shape index (κ3) is 2.82. The van der Waals surface area contributed by atoms with Gasteiger partial charge in [-0.3, -0.25) is 0 Å². The minimum absolute atomic E-state index is 0.0585. The highest BCUT2D eigenvalue weighted by molar-refractivity contribution is 5.43. The zero-order valence-electron chi connectivity index (χ0n) is 12.0. The second-order valence-electron chi connectivity index (χ2n) is 5.94. The number of rotatable bonds is 3. The van der Waals surface area contributed by atoms with Crippen LogP contribution in [0.5, 0.6) is 5.75 Å². The van der Waals surface area contributed by atoms with Crippen LogP contribution in [0.25, 0.3) is 0 Å². The molecule has 0 aliphatic carbocycles. The third-order valence-electron chi connectivity index (χ3n) is 3.12. The normalized spacial score (nSPS) is 12.9. The standard InChI is InChI=1S/C15H22F2O/c1-10(2)15(16,17)11-7-8-13(18-6)12(9-11)14(3,4)5/h7-10H,1-6H3.